The molecule has 0 spiro atoms. The van der Waals surface area contributed by atoms with Gasteiger partial charge in [-0.25, -0.2) is 4.79 Å². The van der Waals surface area contributed by atoms with Crippen molar-refractivity contribution in [1.82, 2.24) is 15.6 Å². The van der Waals surface area contributed by atoms with Gasteiger partial charge in [-0.1, -0.05) is 35.9 Å². The van der Waals surface area contributed by atoms with Crippen LogP contribution in [0, 0.1) is 13.8 Å². The number of para-hydroxylation sites is 1. The maximum absolute atomic E-state index is 11.9. The third-order valence-electron chi connectivity index (χ3n) is 4.15. The fraction of sp³-hybridized carbons (Fsp3) is 0.250. The van der Waals surface area contributed by atoms with Gasteiger partial charge in [-0.3, -0.25) is 0 Å². The molecule has 0 fully saturated rings. The number of aromatic amines is 1. The van der Waals surface area contributed by atoms with Crippen LogP contribution in [0.25, 0.3) is 10.9 Å². The van der Waals surface area contributed by atoms with E-state index in [4.69, 9.17) is 4.74 Å². The third-order valence-corrected chi connectivity index (χ3v) is 4.15. The number of H-pyrrole nitrogens is 1. The van der Waals surface area contributed by atoms with E-state index >= 15 is 0 Å². The summed E-state index contributed by atoms with van der Waals surface area (Å²) in [7, 11) is 0. The zero-order valence-electron chi connectivity index (χ0n) is 14.6. The molecule has 0 atom stereocenters. The van der Waals surface area contributed by atoms with Crippen LogP contribution in [0.15, 0.2) is 48.7 Å². The van der Waals surface area contributed by atoms with Crippen LogP contribution in [-0.2, 0) is 6.42 Å². The number of nitrogens with one attached hydrogen (secondary N) is 3. The number of fused-ring (bicyclic) bond motifs is 1. The number of hydrogen-bond acceptors (Lipinski definition) is 2. The number of urea groups is 1. The second-order valence-electron chi connectivity index (χ2n) is 6.10. The first-order chi connectivity index (χ1) is 12.1. The van der Waals surface area contributed by atoms with Crippen molar-refractivity contribution < 1.29 is 9.53 Å². The Balaban J connectivity index is 1.41. The summed E-state index contributed by atoms with van der Waals surface area (Å²) in [5, 5.41) is 6.76. The van der Waals surface area contributed by atoms with Crippen molar-refractivity contribution in [2.24, 2.45) is 0 Å². The van der Waals surface area contributed by atoms with E-state index in [1.807, 2.05) is 50.4 Å². The molecule has 1 aromatic heterocycles. The van der Waals surface area contributed by atoms with Crippen molar-refractivity contribution in [3.05, 3.63) is 65.4 Å². The number of aromatic nitrogens is 1. The van der Waals surface area contributed by atoms with E-state index in [0.717, 1.165) is 23.3 Å². The van der Waals surface area contributed by atoms with E-state index in [-0.39, 0.29) is 12.8 Å². The van der Waals surface area contributed by atoms with Crippen LogP contribution in [0.5, 0.6) is 5.75 Å². The van der Waals surface area contributed by atoms with Crippen LogP contribution < -0.4 is 15.4 Å². The van der Waals surface area contributed by atoms with Crippen LogP contribution in [0.3, 0.4) is 0 Å². The Morgan fingerprint density at radius 3 is 2.80 bits per heavy atom. The summed E-state index contributed by atoms with van der Waals surface area (Å²) in [5.41, 5.74) is 4.56. The van der Waals surface area contributed by atoms with Gasteiger partial charge in [0.2, 0.25) is 0 Å². The summed E-state index contributed by atoms with van der Waals surface area (Å²) in [5.74, 6) is 0.782. The number of rotatable bonds is 6. The van der Waals surface area contributed by atoms with Crippen molar-refractivity contribution in [3.8, 4) is 5.75 Å². The molecule has 0 unspecified atom stereocenters. The maximum Gasteiger partial charge on any atom is 0.317 e. The van der Waals surface area contributed by atoms with Gasteiger partial charge in [-0.05, 0) is 43.5 Å². The first-order valence-electron chi connectivity index (χ1n) is 8.40. The van der Waals surface area contributed by atoms with Crippen molar-refractivity contribution in [1.29, 1.82) is 0 Å². The number of amides is 2. The predicted octanol–water partition coefficient (Wildman–Crippen LogP) is 3.66. The SMILES string of the molecule is Cc1ccc(OCNC(=O)NCCc2c[nH]c3ccccc23)c(C)c1. The molecule has 5 nitrogen and oxygen atoms in total. The molecule has 5 heteroatoms. The Labute approximate surface area is 147 Å². The highest BCUT2D eigenvalue weighted by molar-refractivity contribution is 5.83. The molecule has 3 aromatic rings. The first-order valence-corrected chi connectivity index (χ1v) is 8.40. The van der Waals surface area contributed by atoms with E-state index in [1.54, 1.807) is 0 Å². The van der Waals surface area contributed by atoms with Crippen molar-refractivity contribution >= 4 is 16.9 Å². The molecule has 130 valence electrons. The highest BCUT2D eigenvalue weighted by Gasteiger charge is 2.05. The molecule has 25 heavy (non-hydrogen) atoms. The number of ether oxygens (including phenoxy) is 1. The molecule has 0 bridgehead atoms. The Bertz CT molecular complexity index is 870. The normalized spacial score (nSPS) is 10.6. The first kappa shape index (κ1) is 16.9. The summed E-state index contributed by atoms with van der Waals surface area (Å²) >= 11 is 0. The van der Waals surface area contributed by atoms with Gasteiger partial charge in [0, 0.05) is 23.6 Å². The zero-order chi connectivity index (χ0) is 17.6. The molecule has 0 radical (unpaired) electrons. The average Bonchev–Trinajstić information content (AvgIpc) is 3.00. The molecule has 0 aliphatic carbocycles. The lowest BCUT2D eigenvalue weighted by Crippen LogP contribution is -2.38. The number of carbonyl (C=O) groups is 1. The molecule has 0 aliphatic rings. The molecule has 3 rings (SSSR count). The van der Waals surface area contributed by atoms with E-state index < -0.39 is 0 Å². The van der Waals surface area contributed by atoms with Crippen molar-refractivity contribution in [2.45, 2.75) is 20.3 Å². The van der Waals surface area contributed by atoms with Gasteiger partial charge in [0.25, 0.3) is 0 Å². The maximum atomic E-state index is 11.9. The van der Waals surface area contributed by atoms with E-state index in [9.17, 15) is 4.79 Å². The van der Waals surface area contributed by atoms with Crippen molar-refractivity contribution in [2.75, 3.05) is 13.3 Å². The third kappa shape index (κ3) is 4.32. The quantitative estimate of drug-likeness (QED) is 0.601. The van der Waals surface area contributed by atoms with Crippen molar-refractivity contribution in [3.63, 3.8) is 0 Å². The second kappa shape index (κ2) is 7.75. The Morgan fingerprint density at radius 2 is 1.96 bits per heavy atom. The van der Waals surface area contributed by atoms with E-state index in [2.05, 4.69) is 27.8 Å². The van der Waals surface area contributed by atoms with Gasteiger partial charge in [0.1, 0.15) is 5.75 Å². The largest absolute Gasteiger partial charge is 0.473 e. The van der Waals surface area contributed by atoms with Crippen LogP contribution in [0.4, 0.5) is 4.79 Å². The summed E-state index contributed by atoms with van der Waals surface area (Å²) in [6.07, 6.45) is 2.77. The lowest BCUT2D eigenvalue weighted by Gasteiger charge is -2.11. The minimum atomic E-state index is -0.232. The zero-order valence-corrected chi connectivity index (χ0v) is 14.6. The standard InChI is InChI=1S/C20H23N3O2/c1-14-7-8-19(15(2)11-14)25-13-23-20(24)21-10-9-16-12-22-18-6-4-3-5-17(16)18/h3-8,11-12,22H,9-10,13H2,1-2H3,(H2,21,23,24). The molecule has 0 aliphatic heterocycles. The van der Waals surface area contributed by atoms with Crippen LogP contribution >= 0.6 is 0 Å². The predicted molar refractivity (Wildman–Crippen MR) is 99.9 cm³/mol. The summed E-state index contributed by atoms with van der Waals surface area (Å²) in [6, 6.07) is 13.9. The molecule has 2 aromatic carbocycles. The monoisotopic (exact) mass is 337 g/mol. The Hall–Kier alpha value is -2.95. The molecular formula is C20H23N3O2. The molecule has 0 saturated heterocycles. The lowest BCUT2D eigenvalue weighted by atomic mass is 10.1. The molecule has 3 N–H and O–H groups in total. The fourth-order valence-corrected chi connectivity index (χ4v) is 2.85. The number of hydrogen-bond donors (Lipinski definition) is 3. The highest BCUT2D eigenvalue weighted by atomic mass is 16.5. The van der Waals surface area contributed by atoms with Gasteiger partial charge in [-0.2, -0.15) is 0 Å². The molecule has 1 heterocycles. The van der Waals surface area contributed by atoms with E-state index in [1.165, 1.54) is 16.5 Å². The summed E-state index contributed by atoms with van der Waals surface area (Å²) in [6.45, 7) is 4.74. The van der Waals surface area contributed by atoms with Gasteiger partial charge in [-0.15, -0.1) is 0 Å². The average molecular weight is 337 g/mol. The Kier molecular flexibility index (Phi) is 5.23. The topological polar surface area (TPSA) is 66.2 Å². The Morgan fingerprint density at radius 1 is 1.12 bits per heavy atom. The summed E-state index contributed by atoms with van der Waals surface area (Å²) in [4.78, 5) is 15.1. The van der Waals surface area contributed by atoms with Gasteiger partial charge < -0.3 is 20.4 Å². The van der Waals surface area contributed by atoms with Gasteiger partial charge in [0.05, 0.1) is 0 Å². The second-order valence-corrected chi connectivity index (χ2v) is 6.10. The molecule has 2 amide bonds. The van der Waals surface area contributed by atoms with Crippen LogP contribution in [0.1, 0.15) is 16.7 Å². The smallest absolute Gasteiger partial charge is 0.317 e. The lowest BCUT2D eigenvalue weighted by molar-refractivity contribution is 0.224. The number of benzene rings is 2. The minimum Gasteiger partial charge on any atom is -0.473 e. The summed E-state index contributed by atoms with van der Waals surface area (Å²) < 4.78 is 5.60. The number of carbonyl (C=O) groups excluding carboxylic acids is 1. The van der Waals surface area contributed by atoms with Gasteiger partial charge >= 0.3 is 6.03 Å². The fourth-order valence-electron chi connectivity index (χ4n) is 2.85. The molecular weight excluding hydrogens is 314 g/mol. The van der Waals surface area contributed by atoms with Crippen LogP contribution in [-0.4, -0.2) is 24.3 Å². The van der Waals surface area contributed by atoms with Gasteiger partial charge in [0.15, 0.2) is 6.73 Å². The van der Waals surface area contributed by atoms with E-state index in [0.29, 0.717) is 6.54 Å². The van der Waals surface area contributed by atoms with Crippen LogP contribution in [0.2, 0.25) is 0 Å². The molecule has 0 saturated carbocycles. The number of aryl methyl sites for hydroxylation is 2. The highest BCUT2D eigenvalue weighted by Crippen LogP contribution is 2.18. The minimum absolute atomic E-state index is 0.142.